The lowest BCUT2D eigenvalue weighted by Gasteiger charge is -2.34. The molecule has 1 aromatic carbocycles. The van der Waals surface area contributed by atoms with Crippen LogP contribution in [0.25, 0.3) is 0 Å². The van der Waals surface area contributed by atoms with E-state index in [1.54, 1.807) is 0 Å². The lowest BCUT2D eigenvalue weighted by atomic mass is 9.94. The minimum atomic E-state index is 0.225. The SMILES string of the molecule is CN1CCCCC1CCNC(C)(C)CCc1ccccc1. The van der Waals surface area contributed by atoms with E-state index in [0.29, 0.717) is 0 Å². The molecule has 1 atom stereocenters. The van der Waals surface area contributed by atoms with Crippen molar-refractivity contribution in [3.05, 3.63) is 35.9 Å². The Morgan fingerprint density at radius 3 is 2.67 bits per heavy atom. The number of nitrogens with one attached hydrogen (secondary N) is 1. The topological polar surface area (TPSA) is 15.3 Å². The van der Waals surface area contributed by atoms with Gasteiger partial charge in [-0.25, -0.2) is 0 Å². The highest BCUT2D eigenvalue weighted by atomic mass is 15.1. The van der Waals surface area contributed by atoms with Crippen molar-refractivity contribution in [1.29, 1.82) is 0 Å². The highest BCUT2D eigenvalue weighted by Crippen LogP contribution is 2.18. The standard InChI is InChI=1S/C19H32N2/c1-19(2,14-12-17-9-5-4-6-10-17)20-15-13-18-11-7-8-16-21(18)3/h4-6,9-10,18,20H,7-8,11-16H2,1-3H3. The van der Waals surface area contributed by atoms with E-state index in [0.717, 1.165) is 19.0 Å². The molecule has 1 heterocycles. The number of likely N-dealkylation sites (tertiary alicyclic amines) is 1. The minimum absolute atomic E-state index is 0.225. The third-order valence-corrected chi connectivity index (χ3v) is 4.88. The maximum absolute atomic E-state index is 3.77. The van der Waals surface area contributed by atoms with Gasteiger partial charge >= 0.3 is 0 Å². The van der Waals surface area contributed by atoms with Crippen LogP contribution in [0.2, 0.25) is 0 Å². The molecule has 0 spiro atoms. The molecule has 2 nitrogen and oxygen atoms in total. The summed E-state index contributed by atoms with van der Waals surface area (Å²) in [6, 6.07) is 11.6. The quantitative estimate of drug-likeness (QED) is 0.819. The van der Waals surface area contributed by atoms with Gasteiger partial charge in [0, 0.05) is 11.6 Å². The van der Waals surface area contributed by atoms with Crippen molar-refractivity contribution < 1.29 is 0 Å². The second-order valence-electron chi connectivity index (χ2n) is 7.22. The Kier molecular flexibility index (Phi) is 6.25. The first-order chi connectivity index (χ1) is 10.1. The highest BCUT2D eigenvalue weighted by molar-refractivity contribution is 5.15. The van der Waals surface area contributed by atoms with Gasteiger partial charge in [0.25, 0.3) is 0 Å². The van der Waals surface area contributed by atoms with Crippen molar-refractivity contribution in [3.8, 4) is 0 Å². The molecule has 0 aliphatic carbocycles. The van der Waals surface area contributed by atoms with Crippen LogP contribution < -0.4 is 5.32 Å². The van der Waals surface area contributed by atoms with E-state index in [9.17, 15) is 0 Å². The largest absolute Gasteiger partial charge is 0.312 e. The zero-order chi connectivity index (χ0) is 15.1. The molecular formula is C19H32N2. The highest BCUT2D eigenvalue weighted by Gasteiger charge is 2.21. The number of piperidine rings is 1. The normalized spacial score (nSPS) is 20.6. The molecular weight excluding hydrogens is 256 g/mol. The van der Waals surface area contributed by atoms with E-state index < -0.39 is 0 Å². The monoisotopic (exact) mass is 288 g/mol. The fourth-order valence-electron chi connectivity index (χ4n) is 3.28. The molecule has 0 amide bonds. The van der Waals surface area contributed by atoms with Crippen LogP contribution in [0.1, 0.15) is 51.5 Å². The Hall–Kier alpha value is -0.860. The number of hydrogen-bond acceptors (Lipinski definition) is 2. The third kappa shape index (κ3) is 5.80. The maximum Gasteiger partial charge on any atom is 0.0128 e. The first-order valence-corrected chi connectivity index (χ1v) is 8.56. The van der Waals surface area contributed by atoms with E-state index in [1.807, 2.05) is 0 Å². The van der Waals surface area contributed by atoms with Crippen LogP contribution in [-0.2, 0) is 6.42 Å². The average Bonchev–Trinajstić information content (AvgIpc) is 2.48. The van der Waals surface area contributed by atoms with Crippen molar-refractivity contribution in [3.63, 3.8) is 0 Å². The first kappa shape index (κ1) is 16.5. The molecule has 1 saturated heterocycles. The third-order valence-electron chi connectivity index (χ3n) is 4.88. The summed E-state index contributed by atoms with van der Waals surface area (Å²) in [5.74, 6) is 0. The van der Waals surface area contributed by atoms with Crippen LogP contribution >= 0.6 is 0 Å². The van der Waals surface area contributed by atoms with E-state index in [4.69, 9.17) is 0 Å². The number of aryl methyl sites for hydroxylation is 1. The van der Waals surface area contributed by atoms with Crippen LogP contribution in [0, 0.1) is 0 Å². The van der Waals surface area contributed by atoms with Crippen LogP contribution in [0.3, 0.4) is 0 Å². The molecule has 2 rings (SSSR count). The fourth-order valence-corrected chi connectivity index (χ4v) is 3.28. The van der Waals surface area contributed by atoms with E-state index in [2.05, 4.69) is 61.4 Å². The molecule has 1 aliphatic heterocycles. The van der Waals surface area contributed by atoms with E-state index >= 15 is 0 Å². The molecule has 0 radical (unpaired) electrons. The lowest BCUT2D eigenvalue weighted by molar-refractivity contribution is 0.171. The second-order valence-corrected chi connectivity index (χ2v) is 7.22. The molecule has 2 heteroatoms. The van der Waals surface area contributed by atoms with Gasteiger partial charge < -0.3 is 10.2 Å². The summed E-state index contributed by atoms with van der Waals surface area (Å²) in [6.07, 6.45) is 7.80. The fraction of sp³-hybridized carbons (Fsp3) is 0.684. The summed E-state index contributed by atoms with van der Waals surface area (Å²) >= 11 is 0. The molecule has 1 aromatic rings. The van der Waals surface area contributed by atoms with Crippen LogP contribution in [0.4, 0.5) is 0 Å². The summed E-state index contributed by atoms with van der Waals surface area (Å²) in [6.45, 7) is 7.08. The Balaban J connectivity index is 1.68. The summed E-state index contributed by atoms with van der Waals surface area (Å²) in [5.41, 5.74) is 1.67. The predicted octanol–water partition coefficient (Wildman–Crippen LogP) is 3.86. The zero-order valence-corrected chi connectivity index (χ0v) is 14.1. The van der Waals surface area contributed by atoms with Crippen molar-refractivity contribution in [1.82, 2.24) is 10.2 Å². The van der Waals surface area contributed by atoms with Gasteiger partial charge in [-0.3, -0.25) is 0 Å². The lowest BCUT2D eigenvalue weighted by Crippen LogP contribution is -2.43. The summed E-state index contributed by atoms with van der Waals surface area (Å²) < 4.78 is 0. The number of hydrogen-bond donors (Lipinski definition) is 1. The van der Waals surface area contributed by atoms with E-state index in [1.165, 1.54) is 44.2 Å². The Morgan fingerprint density at radius 2 is 1.95 bits per heavy atom. The average molecular weight is 288 g/mol. The number of nitrogens with zero attached hydrogens (tertiary/aromatic N) is 1. The molecule has 1 N–H and O–H groups in total. The maximum atomic E-state index is 3.77. The summed E-state index contributed by atoms with van der Waals surface area (Å²) in [5, 5.41) is 3.77. The summed E-state index contributed by atoms with van der Waals surface area (Å²) in [4.78, 5) is 2.54. The van der Waals surface area contributed by atoms with Gasteiger partial charge in [0.2, 0.25) is 0 Å². The van der Waals surface area contributed by atoms with Gasteiger partial charge in [0.1, 0.15) is 0 Å². The minimum Gasteiger partial charge on any atom is -0.312 e. The molecule has 118 valence electrons. The van der Waals surface area contributed by atoms with Gasteiger partial charge in [-0.2, -0.15) is 0 Å². The molecule has 0 saturated carbocycles. The van der Waals surface area contributed by atoms with Gasteiger partial charge in [0.05, 0.1) is 0 Å². The van der Waals surface area contributed by atoms with Crippen LogP contribution in [-0.4, -0.2) is 36.6 Å². The Bertz CT molecular complexity index is 399. The molecule has 21 heavy (non-hydrogen) atoms. The second kappa shape index (κ2) is 7.95. The molecule has 1 aliphatic rings. The van der Waals surface area contributed by atoms with Gasteiger partial charge in [-0.15, -0.1) is 0 Å². The zero-order valence-electron chi connectivity index (χ0n) is 14.1. The van der Waals surface area contributed by atoms with Crippen molar-refractivity contribution in [2.75, 3.05) is 20.1 Å². The predicted molar refractivity (Wildman–Crippen MR) is 91.7 cm³/mol. The van der Waals surface area contributed by atoms with Crippen molar-refractivity contribution in [2.45, 2.75) is 64.0 Å². The van der Waals surface area contributed by atoms with Crippen molar-refractivity contribution in [2.24, 2.45) is 0 Å². The van der Waals surface area contributed by atoms with Crippen molar-refractivity contribution >= 4 is 0 Å². The smallest absolute Gasteiger partial charge is 0.0128 e. The number of rotatable bonds is 7. The molecule has 1 unspecified atom stereocenters. The van der Waals surface area contributed by atoms with Crippen LogP contribution in [0.15, 0.2) is 30.3 Å². The molecule has 0 aromatic heterocycles. The molecule has 0 bridgehead atoms. The number of benzene rings is 1. The Morgan fingerprint density at radius 1 is 1.19 bits per heavy atom. The van der Waals surface area contributed by atoms with E-state index in [-0.39, 0.29) is 5.54 Å². The van der Waals surface area contributed by atoms with Crippen LogP contribution in [0.5, 0.6) is 0 Å². The summed E-state index contributed by atoms with van der Waals surface area (Å²) in [7, 11) is 2.28. The molecule has 1 fully saturated rings. The van der Waals surface area contributed by atoms with Gasteiger partial charge in [-0.1, -0.05) is 36.8 Å². The van der Waals surface area contributed by atoms with Gasteiger partial charge in [-0.05, 0) is 71.7 Å². The first-order valence-electron chi connectivity index (χ1n) is 8.56. The Labute approximate surface area is 130 Å². The van der Waals surface area contributed by atoms with Gasteiger partial charge in [0.15, 0.2) is 0 Å².